The lowest BCUT2D eigenvalue weighted by molar-refractivity contribution is 0.0695. The fourth-order valence-electron chi connectivity index (χ4n) is 1.48. The first-order chi connectivity index (χ1) is 7.95. The van der Waals surface area contributed by atoms with Crippen molar-refractivity contribution in [1.29, 1.82) is 0 Å². The molecule has 0 saturated heterocycles. The van der Waals surface area contributed by atoms with Gasteiger partial charge in [-0.2, -0.15) is 0 Å². The molecule has 0 spiro atoms. The average molecular weight is 238 g/mol. The number of aliphatic hydroxyl groups excluding tert-OH is 1. The lowest BCUT2D eigenvalue weighted by Gasteiger charge is -2.20. The molecule has 0 saturated carbocycles. The van der Waals surface area contributed by atoms with Gasteiger partial charge in [0.25, 0.3) is 0 Å². The number of nitrogens with zero attached hydrogens (tertiary/aromatic N) is 1. The summed E-state index contributed by atoms with van der Waals surface area (Å²) in [6, 6.07) is 3.04. The zero-order valence-corrected chi connectivity index (χ0v) is 10.3. The van der Waals surface area contributed by atoms with Crippen molar-refractivity contribution in [3.8, 4) is 0 Å². The maximum absolute atomic E-state index is 10.8. The van der Waals surface area contributed by atoms with E-state index in [9.17, 15) is 9.90 Å². The standard InChI is InChI=1S/C12H18N2O3/c1-7(2)10(6-15)14-11-5-4-9(12(16)17)8(3)13-11/h4-5,7,10,15H,6H2,1-3H3,(H,13,14)(H,16,17). The first-order valence-corrected chi connectivity index (χ1v) is 5.54. The number of hydrogen-bond acceptors (Lipinski definition) is 4. The molecular formula is C12H18N2O3. The molecule has 1 aromatic heterocycles. The molecule has 0 amide bonds. The lowest BCUT2D eigenvalue weighted by Crippen LogP contribution is -2.30. The first kappa shape index (κ1) is 13.4. The molecule has 0 aliphatic rings. The number of carboxylic acids is 1. The normalized spacial score (nSPS) is 12.5. The van der Waals surface area contributed by atoms with E-state index in [-0.39, 0.29) is 24.1 Å². The van der Waals surface area contributed by atoms with Gasteiger partial charge in [0.15, 0.2) is 0 Å². The van der Waals surface area contributed by atoms with Crippen LogP contribution >= 0.6 is 0 Å². The third kappa shape index (κ3) is 3.42. The van der Waals surface area contributed by atoms with Gasteiger partial charge < -0.3 is 15.5 Å². The number of hydrogen-bond donors (Lipinski definition) is 3. The van der Waals surface area contributed by atoms with E-state index < -0.39 is 5.97 Å². The maximum atomic E-state index is 10.8. The van der Waals surface area contributed by atoms with Crippen LogP contribution in [0.3, 0.4) is 0 Å². The van der Waals surface area contributed by atoms with Crippen molar-refractivity contribution in [3.05, 3.63) is 23.4 Å². The van der Waals surface area contributed by atoms with Crippen LogP contribution in [0.25, 0.3) is 0 Å². The predicted molar refractivity (Wildman–Crippen MR) is 65.3 cm³/mol. The number of aromatic carboxylic acids is 1. The smallest absolute Gasteiger partial charge is 0.337 e. The Morgan fingerprint density at radius 2 is 2.12 bits per heavy atom. The minimum absolute atomic E-state index is 0.0130. The van der Waals surface area contributed by atoms with Crippen LogP contribution in [-0.4, -0.2) is 33.8 Å². The molecule has 1 rings (SSSR count). The molecule has 17 heavy (non-hydrogen) atoms. The van der Waals surface area contributed by atoms with Crippen LogP contribution in [0.15, 0.2) is 12.1 Å². The Morgan fingerprint density at radius 1 is 1.47 bits per heavy atom. The van der Waals surface area contributed by atoms with Gasteiger partial charge in [-0.1, -0.05) is 13.8 Å². The van der Waals surface area contributed by atoms with Crippen LogP contribution in [0.1, 0.15) is 29.9 Å². The number of nitrogens with one attached hydrogen (secondary N) is 1. The summed E-state index contributed by atoms with van der Waals surface area (Å²) in [5, 5.41) is 21.1. The molecule has 3 N–H and O–H groups in total. The summed E-state index contributed by atoms with van der Waals surface area (Å²) in [5.74, 6) is -0.134. The highest BCUT2D eigenvalue weighted by Gasteiger charge is 2.14. The van der Waals surface area contributed by atoms with Crippen molar-refractivity contribution < 1.29 is 15.0 Å². The van der Waals surface area contributed by atoms with E-state index in [4.69, 9.17) is 5.11 Å². The van der Waals surface area contributed by atoms with Gasteiger partial charge >= 0.3 is 5.97 Å². The summed E-state index contributed by atoms with van der Waals surface area (Å²) in [5.41, 5.74) is 0.656. The molecule has 0 radical (unpaired) electrons. The molecule has 1 atom stereocenters. The summed E-state index contributed by atoms with van der Waals surface area (Å²) in [6.45, 7) is 5.65. The van der Waals surface area contributed by atoms with Crippen molar-refractivity contribution in [3.63, 3.8) is 0 Å². The Labute approximate surface area is 101 Å². The molecule has 94 valence electrons. The van der Waals surface area contributed by atoms with Crippen LogP contribution in [-0.2, 0) is 0 Å². The number of pyridine rings is 1. The van der Waals surface area contributed by atoms with E-state index in [2.05, 4.69) is 10.3 Å². The van der Waals surface area contributed by atoms with Gasteiger partial charge in [-0.3, -0.25) is 0 Å². The number of aromatic nitrogens is 1. The Morgan fingerprint density at radius 3 is 2.53 bits per heavy atom. The van der Waals surface area contributed by atoms with Crippen molar-refractivity contribution in [1.82, 2.24) is 4.98 Å². The number of rotatable bonds is 5. The van der Waals surface area contributed by atoms with Gasteiger partial charge in [-0.15, -0.1) is 0 Å². The average Bonchev–Trinajstić information content (AvgIpc) is 2.24. The summed E-state index contributed by atoms with van der Waals surface area (Å²) in [6.07, 6.45) is 0. The Balaban J connectivity index is 2.87. The minimum Gasteiger partial charge on any atom is -0.478 e. The lowest BCUT2D eigenvalue weighted by atomic mass is 10.1. The highest BCUT2D eigenvalue weighted by molar-refractivity contribution is 5.89. The topological polar surface area (TPSA) is 82.5 Å². The molecular weight excluding hydrogens is 220 g/mol. The van der Waals surface area contributed by atoms with Crippen LogP contribution in [0, 0.1) is 12.8 Å². The molecule has 0 aliphatic heterocycles. The monoisotopic (exact) mass is 238 g/mol. The zero-order valence-electron chi connectivity index (χ0n) is 10.3. The fourth-order valence-corrected chi connectivity index (χ4v) is 1.48. The van der Waals surface area contributed by atoms with Crippen molar-refractivity contribution in [2.75, 3.05) is 11.9 Å². The molecule has 0 aliphatic carbocycles. The van der Waals surface area contributed by atoms with E-state index in [0.29, 0.717) is 11.5 Å². The van der Waals surface area contributed by atoms with Crippen molar-refractivity contribution >= 4 is 11.8 Å². The second-order valence-corrected chi connectivity index (χ2v) is 4.31. The number of anilines is 1. The van der Waals surface area contributed by atoms with Gasteiger partial charge in [0.2, 0.25) is 0 Å². The van der Waals surface area contributed by atoms with Crippen molar-refractivity contribution in [2.45, 2.75) is 26.8 Å². The Bertz CT molecular complexity index is 405. The second kappa shape index (κ2) is 5.63. The molecule has 5 heteroatoms. The highest BCUT2D eigenvalue weighted by Crippen LogP contribution is 2.13. The van der Waals surface area contributed by atoms with Crippen LogP contribution in [0.5, 0.6) is 0 Å². The van der Waals surface area contributed by atoms with Crippen LogP contribution in [0.2, 0.25) is 0 Å². The SMILES string of the molecule is Cc1nc(NC(CO)C(C)C)ccc1C(=O)O. The highest BCUT2D eigenvalue weighted by atomic mass is 16.4. The summed E-state index contributed by atoms with van der Waals surface area (Å²) < 4.78 is 0. The fraction of sp³-hybridized carbons (Fsp3) is 0.500. The van der Waals surface area contributed by atoms with E-state index >= 15 is 0 Å². The molecule has 0 bridgehead atoms. The van der Waals surface area contributed by atoms with Gasteiger partial charge in [0, 0.05) is 0 Å². The van der Waals surface area contributed by atoms with E-state index in [1.165, 1.54) is 6.07 Å². The van der Waals surface area contributed by atoms with Crippen LogP contribution in [0.4, 0.5) is 5.82 Å². The molecule has 1 aromatic rings. The predicted octanol–water partition coefficient (Wildman–Crippen LogP) is 1.52. The van der Waals surface area contributed by atoms with Gasteiger partial charge in [-0.25, -0.2) is 9.78 Å². The summed E-state index contributed by atoms with van der Waals surface area (Å²) in [4.78, 5) is 15.0. The van der Waals surface area contributed by atoms with Crippen LogP contribution < -0.4 is 5.32 Å². The van der Waals surface area contributed by atoms with Gasteiger partial charge in [0.05, 0.1) is 23.9 Å². The largest absolute Gasteiger partial charge is 0.478 e. The minimum atomic E-state index is -0.982. The third-order valence-corrected chi connectivity index (χ3v) is 2.65. The number of carboxylic acid groups (broad SMARTS) is 1. The third-order valence-electron chi connectivity index (χ3n) is 2.65. The second-order valence-electron chi connectivity index (χ2n) is 4.31. The molecule has 5 nitrogen and oxygen atoms in total. The maximum Gasteiger partial charge on any atom is 0.337 e. The molecule has 1 heterocycles. The van der Waals surface area contributed by atoms with Gasteiger partial charge in [-0.05, 0) is 25.0 Å². The number of aliphatic hydroxyl groups is 1. The Hall–Kier alpha value is -1.62. The zero-order chi connectivity index (χ0) is 13.0. The quantitative estimate of drug-likeness (QED) is 0.724. The molecule has 0 aromatic carbocycles. The van der Waals surface area contributed by atoms with E-state index in [0.717, 1.165) is 0 Å². The Kier molecular flexibility index (Phi) is 4.45. The van der Waals surface area contributed by atoms with E-state index in [1.54, 1.807) is 13.0 Å². The van der Waals surface area contributed by atoms with E-state index in [1.807, 2.05) is 13.8 Å². The molecule has 1 unspecified atom stereocenters. The summed E-state index contributed by atoms with van der Waals surface area (Å²) >= 11 is 0. The number of carbonyl (C=O) groups is 1. The first-order valence-electron chi connectivity index (χ1n) is 5.54. The molecule has 0 fully saturated rings. The summed E-state index contributed by atoms with van der Waals surface area (Å²) in [7, 11) is 0. The van der Waals surface area contributed by atoms with Gasteiger partial charge in [0.1, 0.15) is 5.82 Å². The van der Waals surface area contributed by atoms with Crippen molar-refractivity contribution in [2.24, 2.45) is 5.92 Å². The number of aryl methyl sites for hydroxylation is 1.